The van der Waals surface area contributed by atoms with Gasteiger partial charge in [-0.1, -0.05) is 54.8 Å². The van der Waals surface area contributed by atoms with E-state index in [1.54, 1.807) is 7.05 Å². The number of rotatable bonds is 5. The molecule has 1 aromatic carbocycles. The molecule has 2 aromatic rings. The van der Waals surface area contributed by atoms with Crippen molar-refractivity contribution < 1.29 is 14.1 Å². The zero-order valence-electron chi connectivity index (χ0n) is 17.3. The number of hydrogen-bond acceptors (Lipinski definition) is 5. The molecule has 3 amide bonds. The van der Waals surface area contributed by atoms with E-state index in [2.05, 4.69) is 26.1 Å². The van der Waals surface area contributed by atoms with Crippen molar-refractivity contribution in [2.45, 2.75) is 62.9 Å². The van der Waals surface area contributed by atoms with Crippen molar-refractivity contribution in [2.75, 3.05) is 7.05 Å². The molecule has 0 bridgehead atoms. The Morgan fingerprint density at radius 3 is 2.53 bits per heavy atom. The predicted molar refractivity (Wildman–Crippen MR) is 112 cm³/mol. The summed E-state index contributed by atoms with van der Waals surface area (Å²) in [7, 11) is 1.63. The lowest BCUT2D eigenvalue weighted by Crippen LogP contribution is -2.47. The number of carbonyl (C=O) groups excluding carboxylic acids is 2. The first-order valence-electron chi connectivity index (χ1n) is 10.8. The molecule has 30 heavy (non-hydrogen) atoms. The number of nitrogens with zero attached hydrogens (tertiary/aromatic N) is 2. The average molecular weight is 412 g/mol. The van der Waals surface area contributed by atoms with Gasteiger partial charge in [0.05, 0.1) is 5.92 Å². The molecule has 0 spiro atoms. The van der Waals surface area contributed by atoms with Gasteiger partial charge >= 0.3 is 6.03 Å². The Bertz CT molecular complexity index is 863. The van der Waals surface area contributed by atoms with E-state index in [4.69, 9.17) is 4.52 Å². The van der Waals surface area contributed by atoms with E-state index in [-0.39, 0.29) is 35.9 Å². The Labute approximate surface area is 176 Å². The Balaban J connectivity index is 1.48. The summed E-state index contributed by atoms with van der Waals surface area (Å²) < 4.78 is 5.56. The zero-order chi connectivity index (χ0) is 20.9. The molecule has 160 valence electrons. The van der Waals surface area contributed by atoms with Gasteiger partial charge in [0.15, 0.2) is 0 Å². The average Bonchev–Trinajstić information content (AvgIpc) is 3.42. The Kier molecular flexibility index (Phi) is 6.30. The second-order valence-corrected chi connectivity index (χ2v) is 8.27. The molecule has 8 nitrogen and oxygen atoms in total. The van der Waals surface area contributed by atoms with Crippen LogP contribution in [-0.4, -0.2) is 41.2 Å². The SMILES string of the molecule is CNC(=O)C1CC(NC(=O)NC2CCCCC2)C(c2nc(-c3ccccc3)no2)C1. The lowest BCUT2D eigenvalue weighted by atomic mass is 9.96. The van der Waals surface area contributed by atoms with Crippen molar-refractivity contribution in [1.82, 2.24) is 26.1 Å². The van der Waals surface area contributed by atoms with Crippen molar-refractivity contribution in [3.8, 4) is 11.4 Å². The molecular formula is C22H29N5O3. The predicted octanol–water partition coefficient (Wildman–Crippen LogP) is 2.98. The third-order valence-corrected chi connectivity index (χ3v) is 6.23. The van der Waals surface area contributed by atoms with Crippen LogP contribution in [-0.2, 0) is 4.79 Å². The summed E-state index contributed by atoms with van der Waals surface area (Å²) in [5.74, 6) is 0.545. The molecule has 0 saturated heterocycles. The highest BCUT2D eigenvalue weighted by molar-refractivity contribution is 5.79. The number of hydrogen-bond donors (Lipinski definition) is 3. The van der Waals surface area contributed by atoms with E-state index in [0.717, 1.165) is 31.2 Å². The van der Waals surface area contributed by atoms with Crippen LogP contribution in [0.5, 0.6) is 0 Å². The van der Waals surface area contributed by atoms with Gasteiger partial charge in [-0.05, 0) is 25.7 Å². The maximum absolute atomic E-state index is 12.6. The molecule has 3 unspecified atom stereocenters. The minimum absolute atomic E-state index is 0.0280. The minimum Gasteiger partial charge on any atom is -0.359 e. The topological polar surface area (TPSA) is 109 Å². The number of nitrogens with one attached hydrogen (secondary N) is 3. The summed E-state index contributed by atoms with van der Waals surface area (Å²) in [5.41, 5.74) is 0.868. The maximum Gasteiger partial charge on any atom is 0.315 e. The normalized spacial score (nSPS) is 24.4. The van der Waals surface area contributed by atoms with Crippen LogP contribution in [0.1, 0.15) is 56.8 Å². The van der Waals surface area contributed by atoms with Crippen molar-refractivity contribution in [1.29, 1.82) is 0 Å². The molecule has 2 aliphatic carbocycles. The molecule has 8 heteroatoms. The van der Waals surface area contributed by atoms with Crippen molar-refractivity contribution >= 4 is 11.9 Å². The molecule has 2 aliphatic rings. The van der Waals surface area contributed by atoms with Gasteiger partial charge in [-0.25, -0.2) is 4.79 Å². The quantitative estimate of drug-likeness (QED) is 0.701. The summed E-state index contributed by atoms with van der Waals surface area (Å²) in [6, 6.07) is 9.41. The Hall–Kier alpha value is -2.90. The van der Waals surface area contributed by atoms with Crippen LogP contribution in [0.15, 0.2) is 34.9 Å². The third kappa shape index (κ3) is 4.63. The summed E-state index contributed by atoms with van der Waals surface area (Å²) in [6.07, 6.45) is 6.69. The second-order valence-electron chi connectivity index (χ2n) is 8.27. The zero-order valence-corrected chi connectivity index (χ0v) is 17.3. The molecule has 3 atom stereocenters. The van der Waals surface area contributed by atoms with Crippen molar-refractivity contribution in [3.05, 3.63) is 36.2 Å². The fraction of sp³-hybridized carbons (Fsp3) is 0.545. The number of amides is 3. The molecular weight excluding hydrogens is 382 g/mol. The number of urea groups is 1. The Morgan fingerprint density at radius 2 is 1.80 bits per heavy atom. The lowest BCUT2D eigenvalue weighted by molar-refractivity contribution is -0.124. The highest BCUT2D eigenvalue weighted by atomic mass is 16.5. The first kappa shape index (κ1) is 20.4. The van der Waals surface area contributed by atoms with E-state index >= 15 is 0 Å². The highest BCUT2D eigenvalue weighted by Crippen LogP contribution is 2.38. The van der Waals surface area contributed by atoms with Crippen LogP contribution in [0.2, 0.25) is 0 Å². The van der Waals surface area contributed by atoms with Crippen LogP contribution < -0.4 is 16.0 Å². The molecule has 1 heterocycles. The number of benzene rings is 1. The van der Waals surface area contributed by atoms with E-state index in [9.17, 15) is 9.59 Å². The van der Waals surface area contributed by atoms with Gasteiger partial charge in [0.1, 0.15) is 0 Å². The fourth-order valence-corrected chi connectivity index (χ4v) is 4.62. The number of aromatic nitrogens is 2. The second kappa shape index (κ2) is 9.28. The Morgan fingerprint density at radius 1 is 1.03 bits per heavy atom. The first-order chi connectivity index (χ1) is 14.6. The van der Waals surface area contributed by atoms with Gasteiger partial charge in [-0.2, -0.15) is 4.98 Å². The van der Waals surface area contributed by atoms with E-state index < -0.39 is 0 Å². The summed E-state index contributed by atoms with van der Waals surface area (Å²) in [4.78, 5) is 29.5. The third-order valence-electron chi connectivity index (χ3n) is 6.23. The molecule has 0 radical (unpaired) electrons. The molecule has 1 aromatic heterocycles. The van der Waals surface area contributed by atoms with Gasteiger partial charge in [-0.3, -0.25) is 4.79 Å². The highest BCUT2D eigenvalue weighted by Gasteiger charge is 2.42. The van der Waals surface area contributed by atoms with E-state index in [0.29, 0.717) is 24.6 Å². The van der Waals surface area contributed by atoms with Gasteiger partial charge in [0, 0.05) is 30.6 Å². The lowest BCUT2D eigenvalue weighted by Gasteiger charge is -2.25. The monoisotopic (exact) mass is 411 g/mol. The van der Waals surface area contributed by atoms with Gasteiger partial charge in [-0.15, -0.1) is 0 Å². The van der Waals surface area contributed by atoms with Crippen LogP contribution in [0, 0.1) is 5.92 Å². The van der Waals surface area contributed by atoms with Crippen molar-refractivity contribution in [2.24, 2.45) is 5.92 Å². The summed E-state index contributed by atoms with van der Waals surface area (Å²) in [5, 5.41) is 13.0. The van der Waals surface area contributed by atoms with Crippen molar-refractivity contribution in [3.63, 3.8) is 0 Å². The minimum atomic E-state index is -0.236. The maximum atomic E-state index is 12.6. The molecule has 2 saturated carbocycles. The van der Waals surface area contributed by atoms with E-state index in [1.807, 2.05) is 30.3 Å². The molecule has 2 fully saturated rings. The number of carbonyl (C=O) groups is 2. The first-order valence-corrected chi connectivity index (χ1v) is 10.8. The van der Waals surface area contributed by atoms with Gasteiger partial charge in [0.2, 0.25) is 17.6 Å². The summed E-state index contributed by atoms with van der Waals surface area (Å²) >= 11 is 0. The van der Waals surface area contributed by atoms with Gasteiger partial charge < -0.3 is 20.5 Å². The van der Waals surface area contributed by atoms with Crippen LogP contribution in [0.4, 0.5) is 4.79 Å². The standard InChI is InChI=1S/C22H29N5O3/c1-23-20(28)15-12-17(21-26-19(27-30-21)14-8-4-2-5-9-14)18(13-15)25-22(29)24-16-10-6-3-7-11-16/h2,4-5,8-9,15-18H,3,6-7,10-13H2,1H3,(H,23,28)(H2,24,25,29). The molecule has 0 aliphatic heterocycles. The van der Waals surface area contributed by atoms with E-state index in [1.165, 1.54) is 6.42 Å². The smallest absolute Gasteiger partial charge is 0.315 e. The largest absolute Gasteiger partial charge is 0.359 e. The van der Waals surface area contributed by atoms with Crippen LogP contribution in [0.3, 0.4) is 0 Å². The van der Waals surface area contributed by atoms with Crippen LogP contribution >= 0.6 is 0 Å². The summed E-state index contributed by atoms with van der Waals surface area (Å²) in [6.45, 7) is 0. The molecule has 4 rings (SSSR count). The fourth-order valence-electron chi connectivity index (χ4n) is 4.62. The van der Waals surface area contributed by atoms with Gasteiger partial charge in [0.25, 0.3) is 0 Å². The molecule has 3 N–H and O–H groups in total. The van der Waals surface area contributed by atoms with Crippen LogP contribution in [0.25, 0.3) is 11.4 Å².